The molecule has 0 radical (unpaired) electrons. The van der Waals surface area contributed by atoms with Gasteiger partial charge in [0.2, 0.25) is 0 Å². The zero-order valence-electron chi connectivity index (χ0n) is 17.3. The molecule has 0 spiro atoms. The van der Waals surface area contributed by atoms with Crippen molar-refractivity contribution in [2.75, 3.05) is 11.9 Å². The van der Waals surface area contributed by atoms with Gasteiger partial charge >= 0.3 is 12.1 Å². The molecule has 1 aliphatic heterocycles. The molecule has 0 bridgehead atoms. The van der Waals surface area contributed by atoms with E-state index in [1.54, 1.807) is 0 Å². The summed E-state index contributed by atoms with van der Waals surface area (Å²) in [5.74, 6) is 0.366. The number of nitrogens with two attached hydrogens (primary N) is 1. The zero-order valence-corrected chi connectivity index (χ0v) is 17.3. The van der Waals surface area contributed by atoms with E-state index in [1.807, 2.05) is 55.5 Å². The number of hydrogen-bond acceptors (Lipinski definition) is 5. The van der Waals surface area contributed by atoms with Crippen LogP contribution in [0.15, 0.2) is 48.5 Å². The second-order valence-corrected chi connectivity index (χ2v) is 7.03. The number of nitrogens with one attached hydrogen (secondary N) is 1. The minimum atomic E-state index is -0.742. The molecule has 1 unspecified atom stereocenters. The predicted molar refractivity (Wildman–Crippen MR) is 114 cm³/mol. The molecule has 0 aliphatic carbocycles. The summed E-state index contributed by atoms with van der Waals surface area (Å²) >= 11 is 0. The molecule has 3 N–H and O–H groups in total. The molecule has 6 heteroatoms. The number of esters is 1. The molecule has 1 heterocycles. The number of primary amides is 1. The monoisotopic (exact) mass is 398 g/mol. The summed E-state index contributed by atoms with van der Waals surface area (Å²) in [6, 6.07) is 15.7. The van der Waals surface area contributed by atoms with Gasteiger partial charge in [0.1, 0.15) is 6.61 Å². The van der Waals surface area contributed by atoms with Gasteiger partial charge in [-0.1, -0.05) is 44.2 Å². The molecule has 0 saturated heterocycles. The minimum absolute atomic E-state index is 0.231. The standard InChI is InChI=1S/C15H21NO2.C8H9NO2/c1-4-13-10(3)8-12-9-11(15(17)18-5-2)6-7-14(12)16-13;9-8(10)11-6-7-4-2-1-3-5-7/h6-7,9-10,13,16H,4-5,8H2,1-3H3;1-5H,6H2,(H2,9,10)/t10?,13-;/m0./s1. The van der Waals surface area contributed by atoms with Crippen molar-refractivity contribution < 1.29 is 19.1 Å². The number of hydrogen-bond donors (Lipinski definition) is 2. The Labute approximate surface area is 172 Å². The van der Waals surface area contributed by atoms with Crippen LogP contribution in [-0.4, -0.2) is 24.7 Å². The van der Waals surface area contributed by atoms with Crippen LogP contribution in [0.3, 0.4) is 0 Å². The summed E-state index contributed by atoms with van der Waals surface area (Å²) in [5, 5.41) is 3.54. The van der Waals surface area contributed by atoms with Gasteiger partial charge in [-0.3, -0.25) is 0 Å². The third kappa shape index (κ3) is 6.82. The van der Waals surface area contributed by atoms with Crippen molar-refractivity contribution >= 4 is 17.7 Å². The Morgan fingerprint density at radius 1 is 1.10 bits per heavy atom. The normalized spacial score (nSPS) is 17.1. The molecular weight excluding hydrogens is 368 g/mol. The lowest BCUT2D eigenvalue weighted by atomic mass is 9.87. The minimum Gasteiger partial charge on any atom is -0.462 e. The Morgan fingerprint density at radius 2 is 1.83 bits per heavy atom. The third-order valence-corrected chi connectivity index (χ3v) is 4.85. The van der Waals surface area contributed by atoms with E-state index in [1.165, 1.54) is 5.56 Å². The van der Waals surface area contributed by atoms with Gasteiger partial charge in [-0.15, -0.1) is 0 Å². The highest BCUT2D eigenvalue weighted by Crippen LogP contribution is 2.30. The molecule has 0 aromatic heterocycles. The van der Waals surface area contributed by atoms with Gasteiger partial charge < -0.3 is 20.5 Å². The van der Waals surface area contributed by atoms with Crippen LogP contribution < -0.4 is 11.1 Å². The fourth-order valence-corrected chi connectivity index (χ4v) is 3.31. The van der Waals surface area contributed by atoms with E-state index >= 15 is 0 Å². The van der Waals surface area contributed by atoms with Crippen LogP contribution in [0.5, 0.6) is 0 Å². The second kappa shape index (κ2) is 11.1. The Balaban J connectivity index is 0.000000234. The van der Waals surface area contributed by atoms with Crippen molar-refractivity contribution in [1.29, 1.82) is 0 Å². The van der Waals surface area contributed by atoms with Crippen molar-refractivity contribution in [3.05, 3.63) is 65.2 Å². The average molecular weight is 399 g/mol. The van der Waals surface area contributed by atoms with E-state index in [9.17, 15) is 9.59 Å². The van der Waals surface area contributed by atoms with Crippen molar-refractivity contribution in [3.8, 4) is 0 Å². The molecule has 0 fully saturated rings. The highest BCUT2D eigenvalue weighted by Gasteiger charge is 2.24. The molecule has 2 aromatic carbocycles. The van der Waals surface area contributed by atoms with Crippen molar-refractivity contribution in [2.45, 2.75) is 46.3 Å². The topological polar surface area (TPSA) is 90.6 Å². The van der Waals surface area contributed by atoms with E-state index in [2.05, 4.69) is 23.9 Å². The van der Waals surface area contributed by atoms with Gasteiger partial charge in [0.25, 0.3) is 0 Å². The molecule has 3 rings (SSSR count). The van der Waals surface area contributed by atoms with Gasteiger partial charge in [-0.2, -0.15) is 0 Å². The van der Waals surface area contributed by atoms with Gasteiger partial charge in [0, 0.05) is 11.7 Å². The van der Waals surface area contributed by atoms with E-state index in [0.717, 1.165) is 24.1 Å². The smallest absolute Gasteiger partial charge is 0.404 e. The van der Waals surface area contributed by atoms with Crippen LogP contribution in [0.25, 0.3) is 0 Å². The van der Waals surface area contributed by atoms with Crippen LogP contribution >= 0.6 is 0 Å². The van der Waals surface area contributed by atoms with Crippen LogP contribution in [0.4, 0.5) is 10.5 Å². The van der Waals surface area contributed by atoms with E-state index in [0.29, 0.717) is 24.1 Å². The largest absolute Gasteiger partial charge is 0.462 e. The first kappa shape index (κ1) is 22.3. The maximum Gasteiger partial charge on any atom is 0.404 e. The van der Waals surface area contributed by atoms with Gasteiger partial charge in [-0.25, -0.2) is 9.59 Å². The lowest BCUT2D eigenvalue weighted by Gasteiger charge is -2.32. The Kier molecular flexibility index (Phi) is 8.52. The van der Waals surface area contributed by atoms with Crippen LogP contribution in [0.1, 0.15) is 48.7 Å². The first-order valence-electron chi connectivity index (χ1n) is 9.97. The van der Waals surface area contributed by atoms with Gasteiger partial charge in [-0.05, 0) is 55.0 Å². The lowest BCUT2D eigenvalue weighted by molar-refractivity contribution is 0.0526. The van der Waals surface area contributed by atoms with Crippen LogP contribution in [-0.2, 0) is 22.5 Å². The molecule has 2 aromatic rings. The van der Waals surface area contributed by atoms with Crippen LogP contribution in [0.2, 0.25) is 0 Å². The first-order chi connectivity index (χ1) is 13.9. The second-order valence-electron chi connectivity index (χ2n) is 7.03. The molecule has 1 amide bonds. The third-order valence-electron chi connectivity index (χ3n) is 4.85. The fourth-order valence-electron chi connectivity index (χ4n) is 3.31. The Hall–Kier alpha value is -3.02. The van der Waals surface area contributed by atoms with E-state index in [4.69, 9.17) is 10.5 Å². The fraction of sp³-hybridized carbons (Fsp3) is 0.391. The summed E-state index contributed by atoms with van der Waals surface area (Å²) in [7, 11) is 0. The molecule has 1 aliphatic rings. The lowest BCUT2D eigenvalue weighted by Crippen LogP contribution is -2.32. The number of ether oxygens (including phenoxy) is 2. The maximum atomic E-state index is 11.7. The number of rotatable bonds is 5. The number of benzene rings is 2. The van der Waals surface area contributed by atoms with E-state index in [-0.39, 0.29) is 12.6 Å². The van der Waals surface area contributed by atoms with Crippen LogP contribution in [0, 0.1) is 5.92 Å². The van der Waals surface area contributed by atoms with Crippen molar-refractivity contribution in [2.24, 2.45) is 11.7 Å². The summed E-state index contributed by atoms with van der Waals surface area (Å²) in [6.45, 7) is 6.94. The average Bonchev–Trinajstić information content (AvgIpc) is 2.72. The molecule has 0 saturated carbocycles. The maximum absolute atomic E-state index is 11.7. The number of anilines is 1. The number of carbonyl (C=O) groups is 2. The molecular formula is C23H30N2O4. The summed E-state index contributed by atoms with van der Waals surface area (Å²) in [5.41, 5.74) is 8.75. The molecule has 29 heavy (non-hydrogen) atoms. The van der Waals surface area contributed by atoms with Crippen molar-refractivity contribution in [1.82, 2.24) is 0 Å². The quantitative estimate of drug-likeness (QED) is 0.722. The van der Waals surface area contributed by atoms with Crippen molar-refractivity contribution in [3.63, 3.8) is 0 Å². The molecule has 6 nitrogen and oxygen atoms in total. The number of fused-ring (bicyclic) bond motifs is 1. The number of amides is 1. The highest BCUT2D eigenvalue weighted by molar-refractivity contribution is 5.90. The first-order valence-corrected chi connectivity index (χ1v) is 9.97. The summed E-state index contributed by atoms with van der Waals surface area (Å²) in [6.07, 6.45) is 1.41. The molecule has 156 valence electrons. The Bertz CT molecular complexity index is 808. The summed E-state index contributed by atoms with van der Waals surface area (Å²) < 4.78 is 9.60. The van der Waals surface area contributed by atoms with E-state index < -0.39 is 6.09 Å². The predicted octanol–water partition coefficient (Wildman–Crippen LogP) is 4.53. The Morgan fingerprint density at radius 3 is 2.45 bits per heavy atom. The SMILES string of the molecule is CCOC(=O)c1ccc2c(c1)CC(C)[C@H](CC)N2.NC(=O)OCc1ccccc1. The van der Waals surface area contributed by atoms with Gasteiger partial charge in [0.05, 0.1) is 12.2 Å². The zero-order chi connectivity index (χ0) is 21.2. The number of carbonyl (C=O) groups excluding carboxylic acids is 2. The summed E-state index contributed by atoms with van der Waals surface area (Å²) in [4.78, 5) is 21.9. The van der Waals surface area contributed by atoms with Gasteiger partial charge in [0.15, 0.2) is 0 Å². The molecule has 2 atom stereocenters. The highest BCUT2D eigenvalue weighted by atomic mass is 16.5.